The molecule has 2 aliphatic heterocycles. The predicted molar refractivity (Wildman–Crippen MR) is 134 cm³/mol. The van der Waals surface area contributed by atoms with Crippen LogP contribution in [0.5, 0.6) is 5.75 Å². The fraction of sp³-hybridized carbons (Fsp3) is 0.440. The number of benzene rings is 2. The standard InChI is InChI=1S/C25H31N5O4S/c1-19(24-26-23-6-4-3-5-22(23)25(27-24)29-15-17-34-18-16-29)28-11-13-30(14-12-28)35(31,32)21-9-7-20(33-2)8-10-21/h3-10,19H,11-18H2,1-2H3. The van der Waals surface area contributed by atoms with Crippen molar-refractivity contribution in [2.75, 3.05) is 64.5 Å². The molecule has 0 N–H and O–H groups in total. The minimum Gasteiger partial charge on any atom is -0.497 e. The highest BCUT2D eigenvalue weighted by Gasteiger charge is 2.31. The number of aromatic nitrogens is 2. The highest BCUT2D eigenvalue weighted by molar-refractivity contribution is 7.89. The molecule has 0 bridgehead atoms. The zero-order valence-electron chi connectivity index (χ0n) is 20.1. The Morgan fingerprint density at radius 1 is 0.914 bits per heavy atom. The number of anilines is 1. The van der Waals surface area contributed by atoms with Gasteiger partial charge in [-0.05, 0) is 43.3 Å². The monoisotopic (exact) mass is 497 g/mol. The van der Waals surface area contributed by atoms with Crippen LogP contribution in [-0.4, -0.2) is 87.2 Å². The first kappa shape index (κ1) is 23.9. The largest absolute Gasteiger partial charge is 0.497 e. The zero-order chi connectivity index (χ0) is 24.4. The maximum atomic E-state index is 13.1. The number of methoxy groups -OCH3 is 1. The van der Waals surface area contributed by atoms with Crippen LogP contribution in [0.2, 0.25) is 0 Å². The summed E-state index contributed by atoms with van der Waals surface area (Å²) >= 11 is 0. The predicted octanol–water partition coefficient (Wildman–Crippen LogP) is 2.54. The van der Waals surface area contributed by atoms with Gasteiger partial charge < -0.3 is 14.4 Å². The maximum absolute atomic E-state index is 13.1. The van der Waals surface area contributed by atoms with Gasteiger partial charge in [-0.1, -0.05) is 12.1 Å². The lowest BCUT2D eigenvalue weighted by Gasteiger charge is -2.37. The lowest BCUT2D eigenvalue weighted by molar-refractivity contribution is 0.122. The van der Waals surface area contributed by atoms with E-state index in [4.69, 9.17) is 19.4 Å². The third-order valence-electron chi connectivity index (χ3n) is 6.80. The van der Waals surface area contributed by atoms with E-state index in [1.54, 1.807) is 35.7 Å². The van der Waals surface area contributed by atoms with Crippen molar-refractivity contribution in [3.63, 3.8) is 0 Å². The fourth-order valence-electron chi connectivity index (χ4n) is 4.67. The smallest absolute Gasteiger partial charge is 0.243 e. The second-order valence-corrected chi connectivity index (χ2v) is 10.8. The number of nitrogens with zero attached hydrogens (tertiary/aromatic N) is 5. The molecule has 1 atom stereocenters. The fourth-order valence-corrected chi connectivity index (χ4v) is 6.09. The Labute approximate surface area is 206 Å². The Kier molecular flexibility index (Phi) is 6.88. The molecule has 0 amide bonds. The number of hydrogen-bond acceptors (Lipinski definition) is 8. The number of ether oxygens (including phenoxy) is 2. The van der Waals surface area contributed by atoms with Crippen molar-refractivity contribution in [1.82, 2.24) is 19.2 Å². The Morgan fingerprint density at radius 3 is 2.29 bits per heavy atom. The molecule has 0 saturated carbocycles. The van der Waals surface area contributed by atoms with Crippen molar-refractivity contribution in [3.05, 3.63) is 54.4 Å². The molecule has 3 heterocycles. The SMILES string of the molecule is COc1ccc(S(=O)(=O)N2CCN(C(C)c3nc(N4CCOCC4)c4ccccc4n3)CC2)cc1. The lowest BCUT2D eigenvalue weighted by atomic mass is 10.1. The quantitative estimate of drug-likeness (QED) is 0.514. The Balaban J connectivity index is 1.33. The molecule has 2 saturated heterocycles. The van der Waals surface area contributed by atoms with Crippen LogP contribution in [0.1, 0.15) is 18.8 Å². The molecule has 0 aliphatic carbocycles. The van der Waals surface area contributed by atoms with E-state index in [2.05, 4.69) is 22.8 Å². The van der Waals surface area contributed by atoms with Gasteiger partial charge in [0.1, 0.15) is 17.4 Å². The number of rotatable bonds is 6. The minimum atomic E-state index is -3.55. The number of hydrogen-bond donors (Lipinski definition) is 0. The highest BCUT2D eigenvalue weighted by Crippen LogP contribution is 2.29. The van der Waals surface area contributed by atoms with Gasteiger partial charge in [0.05, 0.1) is 36.8 Å². The van der Waals surface area contributed by atoms with Gasteiger partial charge in [0.25, 0.3) is 0 Å². The number of para-hydroxylation sites is 1. The average molecular weight is 498 g/mol. The summed E-state index contributed by atoms with van der Waals surface area (Å²) in [5, 5.41) is 1.04. The topological polar surface area (TPSA) is 88.1 Å². The van der Waals surface area contributed by atoms with Crippen molar-refractivity contribution in [1.29, 1.82) is 0 Å². The lowest BCUT2D eigenvalue weighted by Crippen LogP contribution is -2.49. The van der Waals surface area contributed by atoms with Gasteiger partial charge in [-0.15, -0.1) is 0 Å². The number of fused-ring (bicyclic) bond motifs is 1. The first-order valence-corrected chi connectivity index (χ1v) is 13.4. The second-order valence-electron chi connectivity index (χ2n) is 8.81. The molecular weight excluding hydrogens is 466 g/mol. The Morgan fingerprint density at radius 2 is 1.60 bits per heavy atom. The van der Waals surface area contributed by atoms with E-state index in [1.165, 1.54) is 0 Å². The first-order chi connectivity index (χ1) is 17.0. The van der Waals surface area contributed by atoms with E-state index in [0.29, 0.717) is 45.1 Å². The highest BCUT2D eigenvalue weighted by atomic mass is 32.2. The zero-order valence-corrected chi connectivity index (χ0v) is 20.9. The van der Waals surface area contributed by atoms with Gasteiger partial charge >= 0.3 is 0 Å². The first-order valence-electron chi connectivity index (χ1n) is 11.9. The van der Waals surface area contributed by atoms with Crippen LogP contribution >= 0.6 is 0 Å². The summed E-state index contributed by atoms with van der Waals surface area (Å²) in [7, 11) is -1.99. The summed E-state index contributed by atoms with van der Waals surface area (Å²) in [6.45, 7) is 7.14. The van der Waals surface area contributed by atoms with Crippen LogP contribution in [0.4, 0.5) is 5.82 Å². The minimum absolute atomic E-state index is 0.0368. The van der Waals surface area contributed by atoms with E-state index in [0.717, 1.165) is 35.6 Å². The average Bonchev–Trinajstić information content (AvgIpc) is 2.92. The van der Waals surface area contributed by atoms with Crippen molar-refractivity contribution < 1.29 is 17.9 Å². The Hall–Kier alpha value is -2.79. The molecule has 5 rings (SSSR count). The third kappa shape index (κ3) is 4.84. The number of piperazine rings is 1. The molecule has 35 heavy (non-hydrogen) atoms. The van der Waals surface area contributed by atoms with Gasteiger partial charge in [0, 0.05) is 44.7 Å². The molecule has 2 aromatic carbocycles. The molecule has 1 aromatic heterocycles. The van der Waals surface area contributed by atoms with Crippen LogP contribution in [0.15, 0.2) is 53.4 Å². The van der Waals surface area contributed by atoms with Crippen molar-refractivity contribution in [3.8, 4) is 5.75 Å². The molecule has 2 aliphatic rings. The molecule has 1 unspecified atom stereocenters. The summed E-state index contributed by atoms with van der Waals surface area (Å²) in [5.41, 5.74) is 0.923. The van der Waals surface area contributed by atoms with Crippen molar-refractivity contribution >= 4 is 26.7 Å². The van der Waals surface area contributed by atoms with Crippen LogP contribution in [0.25, 0.3) is 10.9 Å². The van der Waals surface area contributed by atoms with Gasteiger partial charge in [-0.3, -0.25) is 4.90 Å². The van der Waals surface area contributed by atoms with Gasteiger partial charge in [0.2, 0.25) is 10.0 Å². The number of morpholine rings is 1. The van der Waals surface area contributed by atoms with E-state index in [9.17, 15) is 8.42 Å². The van der Waals surface area contributed by atoms with Crippen LogP contribution in [0.3, 0.4) is 0 Å². The van der Waals surface area contributed by atoms with E-state index < -0.39 is 10.0 Å². The van der Waals surface area contributed by atoms with Crippen LogP contribution in [0, 0.1) is 0 Å². The maximum Gasteiger partial charge on any atom is 0.243 e. The van der Waals surface area contributed by atoms with Crippen molar-refractivity contribution in [2.24, 2.45) is 0 Å². The molecular formula is C25H31N5O4S. The Bertz CT molecular complexity index is 1270. The summed E-state index contributed by atoms with van der Waals surface area (Å²) < 4.78 is 38.5. The molecule has 2 fully saturated rings. The molecule has 186 valence electrons. The van der Waals surface area contributed by atoms with Crippen molar-refractivity contribution in [2.45, 2.75) is 17.9 Å². The third-order valence-corrected chi connectivity index (χ3v) is 8.72. The second kappa shape index (κ2) is 10.1. The number of sulfonamides is 1. The normalized spacial score (nSPS) is 19.1. The van der Waals surface area contributed by atoms with E-state index in [1.807, 2.05) is 18.2 Å². The molecule has 10 heteroatoms. The molecule has 3 aromatic rings. The summed E-state index contributed by atoms with van der Waals surface area (Å²) in [5.74, 6) is 2.34. The summed E-state index contributed by atoms with van der Waals surface area (Å²) in [4.78, 5) is 14.7. The van der Waals surface area contributed by atoms with E-state index in [-0.39, 0.29) is 10.9 Å². The van der Waals surface area contributed by atoms with Crippen LogP contribution < -0.4 is 9.64 Å². The van der Waals surface area contributed by atoms with Crippen LogP contribution in [-0.2, 0) is 14.8 Å². The van der Waals surface area contributed by atoms with E-state index >= 15 is 0 Å². The molecule has 9 nitrogen and oxygen atoms in total. The molecule has 0 spiro atoms. The van der Waals surface area contributed by atoms with Gasteiger partial charge in [-0.2, -0.15) is 4.31 Å². The van der Waals surface area contributed by atoms with Gasteiger partial charge in [-0.25, -0.2) is 18.4 Å². The summed E-state index contributed by atoms with van der Waals surface area (Å²) in [6, 6.07) is 14.6. The molecule has 0 radical (unpaired) electrons. The van der Waals surface area contributed by atoms with Gasteiger partial charge in [0.15, 0.2) is 0 Å². The summed E-state index contributed by atoms with van der Waals surface area (Å²) in [6.07, 6.45) is 0.